The predicted octanol–water partition coefficient (Wildman–Crippen LogP) is 2.98. The number of nitrogens with two attached hydrogens (primary N) is 1. The summed E-state index contributed by atoms with van der Waals surface area (Å²) in [6.07, 6.45) is 0. The van der Waals surface area contributed by atoms with Gasteiger partial charge in [0, 0.05) is 6.54 Å². The molecule has 3 rings (SSSR count). The third-order valence-electron chi connectivity index (χ3n) is 4.38. The fraction of sp³-hybridized carbons (Fsp3) is 0.286. The smallest absolute Gasteiger partial charge is 0.233 e. The Labute approximate surface area is 174 Å². The van der Waals surface area contributed by atoms with Crippen molar-refractivity contribution in [3.05, 3.63) is 71.0 Å². The van der Waals surface area contributed by atoms with Crippen LogP contribution in [0.3, 0.4) is 0 Å². The number of hydrogen-bond donors (Lipinski definition) is 2. The van der Waals surface area contributed by atoms with Crippen molar-refractivity contribution in [3.8, 4) is 5.75 Å². The van der Waals surface area contributed by atoms with Crippen molar-refractivity contribution in [3.63, 3.8) is 0 Å². The third kappa shape index (κ3) is 5.51. The lowest BCUT2D eigenvalue weighted by molar-refractivity contribution is -0.120. The van der Waals surface area contributed by atoms with Crippen LogP contribution in [0.2, 0.25) is 0 Å². The van der Waals surface area contributed by atoms with Crippen molar-refractivity contribution in [2.24, 2.45) is 0 Å². The number of amides is 1. The molecule has 3 aromatic rings. The van der Waals surface area contributed by atoms with Crippen LogP contribution in [0.25, 0.3) is 0 Å². The average Bonchev–Trinajstić information content (AvgIpc) is 3.05. The van der Waals surface area contributed by atoms with Gasteiger partial charge in [-0.3, -0.25) is 4.79 Å². The minimum atomic E-state index is -0.363. The number of aromatic nitrogens is 3. The van der Waals surface area contributed by atoms with Gasteiger partial charge in [0.05, 0.1) is 5.25 Å². The lowest BCUT2D eigenvalue weighted by atomic mass is 10.1. The van der Waals surface area contributed by atoms with Gasteiger partial charge < -0.3 is 15.9 Å². The van der Waals surface area contributed by atoms with Gasteiger partial charge in [-0.05, 0) is 38.0 Å². The maximum Gasteiger partial charge on any atom is 0.233 e. The molecule has 1 aromatic heterocycles. The van der Waals surface area contributed by atoms with Crippen LogP contribution < -0.4 is 15.9 Å². The van der Waals surface area contributed by atoms with E-state index >= 15 is 0 Å². The molecule has 152 valence electrons. The summed E-state index contributed by atoms with van der Waals surface area (Å²) in [6.45, 7) is 6.52. The number of nitrogen functional groups attached to an aromatic ring is 1. The normalized spacial score (nSPS) is 11.8. The first kappa shape index (κ1) is 20.7. The van der Waals surface area contributed by atoms with Crippen LogP contribution in [-0.2, 0) is 17.9 Å². The minimum absolute atomic E-state index is 0.0880. The summed E-state index contributed by atoms with van der Waals surface area (Å²) in [5, 5.41) is 11.2. The van der Waals surface area contributed by atoms with Gasteiger partial charge in [-0.15, -0.1) is 10.2 Å². The summed E-state index contributed by atoms with van der Waals surface area (Å²) in [6, 6.07) is 15.7. The van der Waals surface area contributed by atoms with Crippen LogP contribution in [0.15, 0.2) is 53.7 Å². The molecule has 29 heavy (non-hydrogen) atoms. The van der Waals surface area contributed by atoms with E-state index in [9.17, 15) is 4.79 Å². The van der Waals surface area contributed by atoms with E-state index in [2.05, 4.69) is 21.6 Å². The van der Waals surface area contributed by atoms with Crippen LogP contribution in [-0.4, -0.2) is 26.0 Å². The molecule has 0 aliphatic rings. The Hall–Kier alpha value is -3.00. The SMILES string of the molecule is Cc1ccc(OCc2nnc(S[C@@H](C)C(=O)NCc3ccccc3)n2N)c(C)c1. The van der Waals surface area contributed by atoms with Crippen LogP contribution >= 0.6 is 11.8 Å². The zero-order chi connectivity index (χ0) is 20.8. The second-order valence-electron chi connectivity index (χ2n) is 6.79. The second-order valence-corrected chi connectivity index (χ2v) is 8.10. The minimum Gasteiger partial charge on any atom is -0.485 e. The first-order valence-electron chi connectivity index (χ1n) is 9.31. The molecule has 7 nitrogen and oxygen atoms in total. The Balaban J connectivity index is 1.55. The molecule has 1 amide bonds. The van der Waals surface area contributed by atoms with Crippen molar-refractivity contribution < 1.29 is 9.53 Å². The molecule has 0 saturated heterocycles. The first-order valence-corrected chi connectivity index (χ1v) is 10.2. The van der Waals surface area contributed by atoms with Gasteiger partial charge in [0.2, 0.25) is 11.1 Å². The molecule has 0 radical (unpaired) electrons. The molecule has 0 spiro atoms. The third-order valence-corrected chi connectivity index (χ3v) is 5.44. The Bertz CT molecular complexity index is 974. The second kappa shape index (κ2) is 9.47. The summed E-state index contributed by atoms with van der Waals surface area (Å²) in [4.78, 5) is 12.4. The van der Waals surface area contributed by atoms with Crippen LogP contribution in [0, 0.1) is 13.8 Å². The fourth-order valence-electron chi connectivity index (χ4n) is 2.73. The first-order chi connectivity index (χ1) is 13.9. The van der Waals surface area contributed by atoms with Crippen molar-refractivity contribution >= 4 is 17.7 Å². The van der Waals surface area contributed by atoms with E-state index < -0.39 is 0 Å². The molecule has 0 aliphatic heterocycles. The fourth-order valence-corrected chi connectivity index (χ4v) is 3.54. The lowest BCUT2D eigenvalue weighted by Gasteiger charge is -2.12. The molecule has 0 aliphatic carbocycles. The van der Waals surface area contributed by atoms with Crippen molar-refractivity contribution in [1.82, 2.24) is 20.2 Å². The Kier molecular flexibility index (Phi) is 6.77. The number of hydrogen-bond acceptors (Lipinski definition) is 6. The summed E-state index contributed by atoms with van der Waals surface area (Å²) < 4.78 is 7.19. The van der Waals surface area contributed by atoms with E-state index in [0.717, 1.165) is 16.9 Å². The van der Waals surface area contributed by atoms with Gasteiger partial charge >= 0.3 is 0 Å². The molecule has 2 aromatic carbocycles. The summed E-state index contributed by atoms with van der Waals surface area (Å²) in [7, 11) is 0. The Morgan fingerprint density at radius 2 is 1.97 bits per heavy atom. The monoisotopic (exact) mass is 411 g/mol. The molecule has 1 heterocycles. The Morgan fingerprint density at radius 3 is 2.69 bits per heavy atom. The number of aryl methyl sites for hydroxylation is 2. The summed E-state index contributed by atoms with van der Waals surface area (Å²) >= 11 is 1.26. The zero-order valence-electron chi connectivity index (χ0n) is 16.8. The maximum absolute atomic E-state index is 12.4. The number of ether oxygens (including phenoxy) is 1. The van der Waals surface area contributed by atoms with Crippen LogP contribution in [0.1, 0.15) is 29.4 Å². The average molecular weight is 412 g/mol. The molecule has 1 atom stereocenters. The number of carbonyl (C=O) groups is 1. The van der Waals surface area contributed by atoms with Gasteiger partial charge in [0.15, 0.2) is 5.82 Å². The van der Waals surface area contributed by atoms with E-state index in [1.807, 2.05) is 63.2 Å². The molecule has 0 saturated carbocycles. The van der Waals surface area contributed by atoms with Gasteiger partial charge in [-0.2, -0.15) is 0 Å². The van der Waals surface area contributed by atoms with Gasteiger partial charge in [0.25, 0.3) is 0 Å². The quantitative estimate of drug-likeness (QED) is 0.437. The van der Waals surface area contributed by atoms with E-state index in [1.54, 1.807) is 0 Å². The predicted molar refractivity (Wildman–Crippen MR) is 114 cm³/mol. The number of nitrogens with one attached hydrogen (secondary N) is 1. The topological polar surface area (TPSA) is 95.1 Å². The van der Waals surface area contributed by atoms with E-state index in [0.29, 0.717) is 17.5 Å². The molecule has 0 unspecified atom stereocenters. The maximum atomic E-state index is 12.4. The summed E-state index contributed by atoms with van der Waals surface area (Å²) in [5.41, 5.74) is 3.27. The highest BCUT2D eigenvalue weighted by atomic mass is 32.2. The van der Waals surface area contributed by atoms with Gasteiger partial charge in [0.1, 0.15) is 12.4 Å². The number of thioether (sulfide) groups is 1. The standard InChI is InChI=1S/C21H25N5O2S/c1-14-9-10-18(15(2)11-14)28-13-19-24-25-21(26(19)22)29-16(3)20(27)23-12-17-7-5-4-6-8-17/h4-11,16H,12-13,22H2,1-3H3,(H,23,27)/t16-/m0/s1. The summed E-state index contributed by atoms with van der Waals surface area (Å²) in [5.74, 6) is 7.28. The van der Waals surface area contributed by atoms with Crippen molar-refractivity contribution in [2.75, 3.05) is 5.84 Å². The zero-order valence-corrected chi connectivity index (χ0v) is 17.6. The largest absolute Gasteiger partial charge is 0.485 e. The van der Waals surface area contributed by atoms with E-state index in [1.165, 1.54) is 22.0 Å². The Morgan fingerprint density at radius 1 is 1.21 bits per heavy atom. The molecular weight excluding hydrogens is 386 g/mol. The molecule has 8 heteroatoms. The van der Waals surface area contributed by atoms with Crippen molar-refractivity contribution in [1.29, 1.82) is 0 Å². The number of nitrogens with zero attached hydrogens (tertiary/aromatic N) is 3. The lowest BCUT2D eigenvalue weighted by Crippen LogP contribution is -2.31. The van der Waals surface area contributed by atoms with Crippen LogP contribution in [0.4, 0.5) is 0 Å². The molecular formula is C21H25N5O2S. The molecule has 3 N–H and O–H groups in total. The number of benzene rings is 2. The van der Waals surface area contributed by atoms with Gasteiger partial charge in [-0.25, -0.2) is 4.68 Å². The number of rotatable bonds is 8. The number of carbonyl (C=O) groups excluding carboxylic acids is 1. The van der Waals surface area contributed by atoms with Gasteiger partial charge in [-0.1, -0.05) is 59.8 Å². The van der Waals surface area contributed by atoms with Crippen molar-refractivity contribution in [2.45, 2.75) is 44.3 Å². The molecule has 0 bridgehead atoms. The molecule has 0 fully saturated rings. The highest BCUT2D eigenvalue weighted by molar-refractivity contribution is 8.00. The van der Waals surface area contributed by atoms with Crippen LogP contribution in [0.5, 0.6) is 5.75 Å². The highest BCUT2D eigenvalue weighted by Crippen LogP contribution is 2.23. The van der Waals surface area contributed by atoms with E-state index in [4.69, 9.17) is 10.6 Å². The highest BCUT2D eigenvalue weighted by Gasteiger charge is 2.19. The van der Waals surface area contributed by atoms with E-state index in [-0.39, 0.29) is 17.8 Å².